The first-order valence-electron chi connectivity index (χ1n) is 4.55. The number of hydrogen-bond donors (Lipinski definition) is 0. The molecule has 0 radical (unpaired) electrons. The van der Waals surface area contributed by atoms with Crippen molar-refractivity contribution in [3.63, 3.8) is 0 Å². The average Bonchev–Trinajstić information content (AvgIpc) is 2.19. The Bertz CT molecular complexity index is 353. The fraction of sp³-hybridized carbons (Fsp3) is 0.500. The van der Waals surface area contributed by atoms with Crippen molar-refractivity contribution in [1.29, 1.82) is 0 Å². The van der Waals surface area contributed by atoms with Crippen LogP contribution < -0.4 is 0 Å². The Balaban J connectivity index is 2.76. The number of halogens is 3. The maximum Gasteiger partial charge on any atom is 0.449 e. The molecular formula is C10H11F3O3. The number of carbonyl (C=O) groups excluding carboxylic acids is 1. The van der Waals surface area contributed by atoms with Gasteiger partial charge in [0.25, 0.3) is 0 Å². The summed E-state index contributed by atoms with van der Waals surface area (Å²) in [5.41, 5.74) is 0.596. The molecule has 1 aliphatic rings. The van der Waals surface area contributed by atoms with Gasteiger partial charge in [0.2, 0.25) is 5.76 Å². The van der Waals surface area contributed by atoms with Crippen molar-refractivity contribution >= 4 is 5.97 Å². The highest BCUT2D eigenvalue weighted by Gasteiger charge is 2.38. The van der Waals surface area contributed by atoms with E-state index in [0.717, 1.165) is 6.08 Å². The third kappa shape index (κ3) is 3.01. The average molecular weight is 236 g/mol. The molecule has 0 aromatic heterocycles. The van der Waals surface area contributed by atoms with Crippen molar-refractivity contribution in [3.05, 3.63) is 23.2 Å². The van der Waals surface area contributed by atoms with Gasteiger partial charge in [-0.05, 0) is 25.0 Å². The number of allylic oxidation sites excluding steroid dienone is 3. The van der Waals surface area contributed by atoms with E-state index in [2.05, 4.69) is 9.47 Å². The van der Waals surface area contributed by atoms with Crippen LogP contribution in [0.4, 0.5) is 13.2 Å². The zero-order chi connectivity index (χ0) is 12.3. The summed E-state index contributed by atoms with van der Waals surface area (Å²) >= 11 is 0. The van der Waals surface area contributed by atoms with Gasteiger partial charge in [-0.15, -0.1) is 0 Å². The van der Waals surface area contributed by atoms with Crippen LogP contribution in [0.2, 0.25) is 0 Å². The van der Waals surface area contributed by atoms with Crippen LogP contribution in [0.15, 0.2) is 23.2 Å². The number of carbonyl (C=O) groups is 1. The maximum atomic E-state index is 12.3. The standard InChI is InChI=1S/C10H11F3O3/c1-6-3-4-8(10(11,12)13)16-7(6)5-9(14)15-2/h4H,3,5H2,1-2H3. The lowest BCUT2D eigenvalue weighted by Gasteiger charge is -2.20. The molecule has 0 saturated carbocycles. The second-order valence-corrected chi connectivity index (χ2v) is 3.33. The fourth-order valence-corrected chi connectivity index (χ4v) is 1.18. The molecule has 0 fully saturated rings. The van der Waals surface area contributed by atoms with E-state index in [1.165, 1.54) is 7.11 Å². The number of ether oxygens (including phenoxy) is 2. The molecule has 0 saturated heterocycles. The van der Waals surface area contributed by atoms with E-state index in [4.69, 9.17) is 0 Å². The lowest BCUT2D eigenvalue weighted by Crippen LogP contribution is -2.19. The van der Waals surface area contributed by atoms with Crippen molar-refractivity contribution in [3.8, 4) is 0 Å². The number of hydrogen-bond acceptors (Lipinski definition) is 3. The van der Waals surface area contributed by atoms with Crippen molar-refractivity contribution in [2.75, 3.05) is 7.11 Å². The van der Waals surface area contributed by atoms with Crippen LogP contribution in [-0.4, -0.2) is 19.3 Å². The van der Waals surface area contributed by atoms with Crippen LogP contribution in [0.5, 0.6) is 0 Å². The molecule has 0 unspecified atom stereocenters. The molecule has 90 valence electrons. The first-order valence-corrected chi connectivity index (χ1v) is 4.55. The van der Waals surface area contributed by atoms with Crippen LogP contribution in [-0.2, 0) is 14.3 Å². The molecule has 0 N–H and O–H groups in total. The minimum Gasteiger partial charge on any atom is -0.469 e. The van der Waals surface area contributed by atoms with Crippen molar-refractivity contribution in [1.82, 2.24) is 0 Å². The first kappa shape index (κ1) is 12.6. The predicted octanol–water partition coefficient (Wildman–Crippen LogP) is 2.69. The Labute approximate surface area is 90.5 Å². The number of rotatable bonds is 2. The molecular weight excluding hydrogens is 225 g/mol. The molecule has 0 aromatic rings. The van der Waals surface area contributed by atoms with Gasteiger partial charge in [0.05, 0.1) is 7.11 Å². The highest BCUT2D eigenvalue weighted by Crippen LogP contribution is 2.34. The van der Waals surface area contributed by atoms with Crippen LogP contribution in [0.3, 0.4) is 0 Å². The highest BCUT2D eigenvalue weighted by atomic mass is 19.4. The van der Waals surface area contributed by atoms with Crippen LogP contribution in [0.25, 0.3) is 0 Å². The quantitative estimate of drug-likeness (QED) is 0.691. The Hall–Kier alpha value is -1.46. The first-order chi connectivity index (χ1) is 7.34. The number of methoxy groups -OCH3 is 1. The monoisotopic (exact) mass is 236 g/mol. The van der Waals surface area contributed by atoms with E-state index in [-0.39, 0.29) is 18.6 Å². The molecule has 1 heterocycles. The Morgan fingerprint density at radius 3 is 2.69 bits per heavy atom. The zero-order valence-corrected chi connectivity index (χ0v) is 8.85. The van der Waals surface area contributed by atoms with E-state index < -0.39 is 17.9 Å². The maximum absolute atomic E-state index is 12.3. The normalized spacial score (nSPS) is 16.7. The van der Waals surface area contributed by atoms with Gasteiger partial charge < -0.3 is 9.47 Å². The summed E-state index contributed by atoms with van der Waals surface area (Å²) in [6, 6.07) is 0. The van der Waals surface area contributed by atoms with Crippen molar-refractivity contribution in [2.45, 2.75) is 25.9 Å². The van der Waals surface area contributed by atoms with E-state index in [1.54, 1.807) is 6.92 Å². The van der Waals surface area contributed by atoms with E-state index in [9.17, 15) is 18.0 Å². The number of alkyl halides is 3. The Morgan fingerprint density at radius 1 is 1.56 bits per heavy atom. The molecule has 0 spiro atoms. The van der Waals surface area contributed by atoms with Crippen LogP contribution >= 0.6 is 0 Å². The van der Waals surface area contributed by atoms with Gasteiger partial charge in [-0.3, -0.25) is 4.79 Å². The van der Waals surface area contributed by atoms with Gasteiger partial charge in [-0.1, -0.05) is 0 Å². The van der Waals surface area contributed by atoms with Crippen LogP contribution in [0, 0.1) is 0 Å². The minimum absolute atomic E-state index is 0.0154. The summed E-state index contributed by atoms with van der Waals surface area (Å²) in [6.07, 6.45) is -3.73. The second-order valence-electron chi connectivity index (χ2n) is 3.33. The summed E-state index contributed by atoms with van der Waals surface area (Å²) in [4.78, 5) is 10.9. The SMILES string of the molecule is COC(=O)CC1=C(C)CC=C(C(F)(F)F)O1. The smallest absolute Gasteiger partial charge is 0.449 e. The highest BCUT2D eigenvalue weighted by molar-refractivity contribution is 5.72. The summed E-state index contributed by atoms with van der Waals surface area (Å²) in [5, 5.41) is 0. The summed E-state index contributed by atoms with van der Waals surface area (Å²) in [6.45, 7) is 1.61. The molecule has 0 aromatic carbocycles. The van der Waals surface area contributed by atoms with E-state index in [0.29, 0.717) is 5.57 Å². The van der Waals surface area contributed by atoms with Gasteiger partial charge in [0, 0.05) is 0 Å². The summed E-state index contributed by atoms with van der Waals surface area (Å²) in [5.74, 6) is -1.68. The number of esters is 1. The van der Waals surface area contributed by atoms with E-state index >= 15 is 0 Å². The molecule has 1 rings (SSSR count). The van der Waals surface area contributed by atoms with Crippen molar-refractivity contribution < 1.29 is 27.4 Å². The largest absolute Gasteiger partial charge is 0.469 e. The summed E-state index contributed by atoms with van der Waals surface area (Å²) in [7, 11) is 1.17. The third-order valence-electron chi connectivity index (χ3n) is 2.11. The van der Waals surface area contributed by atoms with E-state index in [1.807, 2.05) is 0 Å². The van der Waals surface area contributed by atoms with Gasteiger partial charge in [-0.25, -0.2) is 0 Å². The minimum atomic E-state index is -4.53. The predicted molar refractivity (Wildman–Crippen MR) is 49.2 cm³/mol. The second kappa shape index (κ2) is 4.59. The van der Waals surface area contributed by atoms with Crippen LogP contribution in [0.1, 0.15) is 19.8 Å². The molecule has 1 aliphatic heterocycles. The molecule has 0 amide bonds. The molecule has 0 aliphatic carbocycles. The molecule has 3 nitrogen and oxygen atoms in total. The molecule has 16 heavy (non-hydrogen) atoms. The van der Waals surface area contributed by atoms with Gasteiger partial charge >= 0.3 is 12.1 Å². The lowest BCUT2D eigenvalue weighted by molar-refractivity contribution is -0.142. The Morgan fingerprint density at radius 2 is 2.19 bits per heavy atom. The zero-order valence-electron chi connectivity index (χ0n) is 8.85. The van der Waals surface area contributed by atoms with Gasteiger partial charge in [0.15, 0.2) is 0 Å². The molecule has 0 atom stereocenters. The fourth-order valence-electron chi connectivity index (χ4n) is 1.18. The lowest BCUT2D eigenvalue weighted by atomic mass is 10.1. The third-order valence-corrected chi connectivity index (χ3v) is 2.11. The summed E-state index contributed by atoms with van der Waals surface area (Å²) < 4.78 is 46.0. The Kier molecular flexibility index (Phi) is 3.62. The topological polar surface area (TPSA) is 35.5 Å². The van der Waals surface area contributed by atoms with Gasteiger partial charge in [-0.2, -0.15) is 13.2 Å². The molecule has 6 heteroatoms. The van der Waals surface area contributed by atoms with Gasteiger partial charge in [0.1, 0.15) is 12.2 Å². The molecule has 0 bridgehead atoms. The van der Waals surface area contributed by atoms with Crippen molar-refractivity contribution in [2.24, 2.45) is 0 Å².